The van der Waals surface area contributed by atoms with Gasteiger partial charge in [-0.1, -0.05) is 18.2 Å². The van der Waals surface area contributed by atoms with Crippen LogP contribution in [0.3, 0.4) is 0 Å². The van der Waals surface area contributed by atoms with Crippen LogP contribution in [-0.2, 0) is 25.6 Å². The van der Waals surface area contributed by atoms with Gasteiger partial charge in [-0.3, -0.25) is 14.9 Å². The third-order valence-corrected chi connectivity index (χ3v) is 4.83. The van der Waals surface area contributed by atoms with Crippen LogP contribution in [0, 0.1) is 0 Å². The second kappa shape index (κ2) is 6.68. The Balaban J connectivity index is 1.49. The zero-order valence-electron chi connectivity index (χ0n) is 14.1. The van der Waals surface area contributed by atoms with Gasteiger partial charge >= 0.3 is 6.18 Å². The van der Waals surface area contributed by atoms with Crippen molar-refractivity contribution in [1.29, 1.82) is 0 Å². The molecule has 3 aromatic rings. The highest BCUT2D eigenvalue weighted by Crippen LogP contribution is 2.32. The number of alkyl halides is 3. The van der Waals surface area contributed by atoms with Crippen molar-refractivity contribution in [2.45, 2.75) is 25.6 Å². The molecule has 0 atom stereocenters. The Morgan fingerprint density at radius 2 is 1.88 bits per heavy atom. The van der Waals surface area contributed by atoms with Crippen LogP contribution in [0.15, 0.2) is 48.7 Å². The molecule has 0 aliphatic carbocycles. The fourth-order valence-corrected chi connectivity index (χ4v) is 3.50. The number of rotatable bonds is 3. The van der Waals surface area contributed by atoms with Gasteiger partial charge in [-0.25, -0.2) is 0 Å². The molecule has 0 saturated carbocycles. The van der Waals surface area contributed by atoms with Gasteiger partial charge in [0.25, 0.3) is 0 Å². The van der Waals surface area contributed by atoms with Gasteiger partial charge in [-0.15, -0.1) is 0 Å². The Morgan fingerprint density at radius 3 is 2.73 bits per heavy atom. The summed E-state index contributed by atoms with van der Waals surface area (Å²) >= 11 is 0. The van der Waals surface area contributed by atoms with Crippen molar-refractivity contribution in [3.05, 3.63) is 71.0 Å². The minimum absolute atomic E-state index is 0.351. The summed E-state index contributed by atoms with van der Waals surface area (Å²) in [5.41, 5.74) is 3.75. The summed E-state index contributed by atoms with van der Waals surface area (Å²) in [6.45, 7) is 2.09. The molecule has 1 aromatic carbocycles. The van der Waals surface area contributed by atoms with E-state index in [4.69, 9.17) is 0 Å². The Bertz CT molecular complexity index is 937. The lowest BCUT2D eigenvalue weighted by molar-refractivity contribution is -0.138. The van der Waals surface area contributed by atoms with Crippen LogP contribution in [-0.4, -0.2) is 28.0 Å². The van der Waals surface area contributed by atoms with Gasteiger partial charge in [0.2, 0.25) is 0 Å². The number of aromatic nitrogens is 2. The first-order valence-corrected chi connectivity index (χ1v) is 8.62. The van der Waals surface area contributed by atoms with Crippen molar-refractivity contribution >= 4 is 11.0 Å². The SMILES string of the molecule is FC(F)(F)c1ccccc1CCN1CCc2nc3cccnc3cc2C1. The summed E-state index contributed by atoms with van der Waals surface area (Å²) in [7, 11) is 0. The third kappa shape index (κ3) is 3.42. The quantitative estimate of drug-likeness (QED) is 0.702. The zero-order valence-corrected chi connectivity index (χ0v) is 14.1. The number of fused-ring (bicyclic) bond motifs is 2. The average molecular weight is 357 g/mol. The number of hydrogen-bond donors (Lipinski definition) is 0. The molecule has 0 amide bonds. The van der Waals surface area contributed by atoms with E-state index in [1.807, 2.05) is 18.2 Å². The predicted molar refractivity (Wildman–Crippen MR) is 93.7 cm³/mol. The van der Waals surface area contributed by atoms with Crippen molar-refractivity contribution < 1.29 is 13.2 Å². The maximum Gasteiger partial charge on any atom is 0.416 e. The fraction of sp³-hybridized carbons (Fsp3) is 0.300. The number of benzene rings is 1. The van der Waals surface area contributed by atoms with Crippen molar-refractivity contribution in [2.75, 3.05) is 13.1 Å². The molecule has 0 spiro atoms. The number of pyridine rings is 2. The van der Waals surface area contributed by atoms with Crippen LogP contribution in [0.5, 0.6) is 0 Å². The Kier molecular flexibility index (Phi) is 4.36. The molecule has 1 aliphatic heterocycles. The standard InChI is InChI=1S/C20H18F3N3/c21-20(22,23)16-5-2-1-4-14(16)7-10-26-11-8-17-15(13-26)12-19-18(25-17)6-3-9-24-19/h1-6,9,12H,7-8,10-11,13H2. The van der Waals surface area contributed by atoms with Gasteiger partial charge < -0.3 is 0 Å². The lowest BCUT2D eigenvalue weighted by atomic mass is 10.0. The first kappa shape index (κ1) is 17.0. The van der Waals surface area contributed by atoms with Crippen LogP contribution in [0.4, 0.5) is 13.2 Å². The lowest BCUT2D eigenvalue weighted by Gasteiger charge is -2.28. The van der Waals surface area contributed by atoms with Crippen molar-refractivity contribution in [3.63, 3.8) is 0 Å². The highest BCUT2D eigenvalue weighted by atomic mass is 19.4. The van der Waals surface area contributed by atoms with E-state index in [2.05, 4.69) is 14.9 Å². The molecule has 0 saturated heterocycles. The van der Waals surface area contributed by atoms with E-state index < -0.39 is 11.7 Å². The van der Waals surface area contributed by atoms with Crippen molar-refractivity contribution in [3.8, 4) is 0 Å². The van der Waals surface area contributed by atoms with E-state index in [0.29, 0.717) is 25.1 Å². The van der Waals surface area contributed by atoms with E-state index in [1.54, 1.807) is 18.3 Å². The van der Waals surface area contributed by atoms with E-state index in [0.717, 1.165) is 41.3 Å². The van der Waals surface area contributed by atoms with E-state index in [-0.39, 0.29) is 0 Å². The molecule has 0 radical (unpaired) electrons. The maximum atomic E-state index is 13.1. The maximum absolute atomic E-state index is 13.1. The fourth-order valence-electron chi connectivity index (χ4n) is 3.50. The second-order valence-electron chi connectivity index (χ2n) is 6.57. The van der Waals surface area contributed by atoms with Gasteiger partial charge in [0.05, 0.1) is 16.6 Å². The summed E-state index contributed by atoms with van der Waals surface area (Å²) in [5, 5.41) is 0. The highest BCUT2D eigenvalue weighted by molar-refractivity contribution is 5.74. The molecule has 4 rings (SSSR count). The molecule has 3 heterocycles. The third-order valence-electron chi connectivity index (χ3n) is 4.83. The summed E-state index contributed by atoms with van der Waals surface area (Å²) in [4.78, 5) is 11.2. The van der Waals surface area contributed by atoms with Crippen LogP contribution in [0.1, 0.15) is 22.4 Å². The molecule has 26 heavy (non-hydrogen) atoms. The molecule has 134 valence electrons. The molecule has 0 N–H and O–H groups in total. The van der Waals surface area contributed by atoms with Gasteiger partial charge in [-0.2, -0.15) is 13.2 Å². The summed E-state index contributed by atoms with van der Waals surface area (Å²) in [5.74, 6) is 0. The largest absolute Gasteiger partial charge is 0.416 e. The smallest absolute Gasteiger partial charge is 0.298 e. The number of halogens is 3. The summed E-state index contributed by atoms with van der Waals surface area (Å²) in [6, 6.07) is 11.7. The predicted octanol–water partition coefficient (Wildman–Crippen LogP) is 4.25. The lowest BCUT2D eigenvalue weighted by Crippen LogP contribution is -2.33. The molecule has 3 nitrogen and oxygen atoms in total. The minimum Gasteiger partial charge on any atom is -0.298 e. The number of nitrogens with zero attached hydrogens (tertiary/aromatic N) is 3. The second-order valence-corrected chi connectivity index (χ2v) is 6.57. The van der Waals surface area contributed by atoms with Crippen LogP contribution >= 0.6 is 0 Å². The van der Waals surface area contributed by atoms with Crippen LogP contribution < -0.4 is 0 Å². The molecule has 2 aromatic heterocycles. The summed E-state index contributed by atoms with van der Waals surface area (Å²) in [6.07, 6.45) is -1.38. The van der Waals surface area contributed by atoms with Gasteiger partial charge in [-0.05, 0) is 41.8 Å². The molecule has 1 aliphatic rings. The molecule has 0 bridgehead atoms. The Labute approximate surface area is 149 Å². The van der Waals surface area contributed by atoms with E-state index in [9.17, 15) is 13.2 Å². The van der Waals surface area contributed by atoms with E-state index in [1.165, 1.54) is 6.07 Å². The van der Waals surface area contributed by atoms with Crippen LogP contribution in [0.25, 0.3) is 11.0 Å². The minimum atomic E-state index is -4.31. The van der Waals surface area contributed by atoms with Gasteiger partial charge in [0, 0.05) is 37.9 Å². The first-order chi connectivity index (χ1) is 12.5. The number of hydrogen-bond acceptors (Lipinski definition) is 3. The monoisotopic (exact) mass is 357 g/mol. The van der Waals surface area contributed by atoms with Gasteiger partial charge in [0.15, 0.2) is 0 Å². The van der Waals surface area contributed by atoms with Crippen molar-refractivity contribution in [2.24, 2.45) is 0 Å². The highest BCUT2D eigenvalue weighted by Gasteiger charge is 2.32. The van der Waals surface area contributed by atoms with Gasteiger partial charge in [0.1, 0.15) is 0 Å². The topological polar surface area (TPSA) is 29.0 Å². The molecule has 6 heteroatoms. The Morgan fingerprint density at radius 1 is 1.04 bits per heavy atom. The van der Waals surface area contributed by atoms with Crippen LogP contribution in [0.2, 0.25) is 0 Å². The molecule has 0 unspecified atom stereocenters. The first-order valence-electron chi connectivity index (χ1n) is 8.62. The molecular formula is C20H18F3N3. The molecule has 0 fully saturated rings. The zero-order chi connectivity index (χ0) is 18.1. The summed E-state index contributed by atoms with van der Waals surface area (Å²) < 4.78 is 39.4. The Hall–Kier alpha value is -2.47. The average Bonchev–Trinajstić information content (AvgIpc) is 2.64. The normalized spacial score (nSPS) is 15.2. The van der Waals surface area contributed by atoms with E-state index >= 15 is 0 Å². The molecular weight excluding hydrogens is 339 g/mol. The van der Waals surface area contributed by atoms with Crippen molar-refractivity contribution in [1.82, 2.24) is 14.9 Å².